The van der Waals surface area contributed by atoms with Gasteiger partial charge in [0.1, 0.15) is 17.6 Å². The number of nitrogens with one attached hydrogen (secondary N) is 1. The maximum atomic E-state index is 5.97. The number of hydrogen-bond acceptors (Lipinski definition) is 5. The number of hydrogen-bond donors (Lipinski definition) is 1. The van der Waals surface area contributed by atoms with Crippen molar-refractivity contribution in [1.29, 1.82) is 0 Å². The van der Waals surface area contributed by atoms with E-state index < -0.39 is 0 Å². The van der Waals surface area contributed by atoms with Gasteiger partial charge in [0.2, 0.25) is 0 Å². The highest BCUT2D eigenvalue weighted by atomic mass is 35.5. The first-order valence-corrected chi connectivity index (χ1v) is 6.83. The summed E-state index contributed by atoms with van der Waals surface area (Å²) < 4.78 is 5.28. The normalized spacial score (nSPS) is 10.6. The van der Waals surface area contributed by atoms with Crippen molar-refractivity contribution in [2.75, 3.05) is 11.9 Å². The first-order chi connectivity index (χ1) is 9.67. The minimum absolute atomic E-state index is 0.356. The molecule has 2 rings (SSSR count). The number of ether oxygens (including phenoxy) is 1. The van der Waals surface area contributed by atoms with Crippen LogP contribution in [0, 0.1) is 6.92 Å². The SMILES string of the molecule is CCOCc1nc(Cl)cc(NCc2cccc(C)n2)n1. The molecule has 0 bridgehead atoms. The molecule has 5 nitrogen and oxygen atoms in total. The van der Waals surface area contributed by atoms with Crippen LogP contribution in [0.15, 0.2) is 24.3 Å². The fraction of sp³-hybridized carbons (Fsp3) is 0.357. The van der Waals surface area contributed by atoms with Crippen LogP contribution in [0.4, 0.5) is 5.82 Å². The van der Waals surface area contributed by atoms with Gasteiger partial charge >= 0.3 is 0 Å². The Morgan fingerprint density at radius 1 is 1.25 bits per heavy atom. The molecule has 0 amide bonds. The zero-order valence-electron chi connectivity index (χ0n) is 11.6. The molecule has 2 heterocycles. The maximum absolute atomic E-state index is 5.97. The summed E-state index contributed by atoms with van der Waals surface area (Å²) in [6, 6.07) is 7.59. The fourth-order valence-corrected chi connectivity index (χ4v) is 1.89. The van der Waals surface area contributed by atoms with Gasteiger partial charge in [-0.05, 0) is 26.0 Å². The lowest BCUT2D eigenvalue weighted by Gasteiger charge is -2.08. The average molecular weight is 293 g/mol. The summed E-state index contributed by atoms with van der Waals surface area (Å²) >= 11 is 5.97. The number of aromatic nitrogens is 3. The number of rotatable bonds is 6. The van der Waals surface area contributed by atoms with Crippen LogP contribution in [0.1, 0.15) is 24.1 Å². The van der Waals surface area contributed by atoms with Gasteiger partial charge in [0.05, 0.1) is 12.2 Å². The predicted molar refractivity (Wildman–Crippen MR) is 78.7 cm³/mol. The van der Waals surface area contributed by atoms with E-state index >= 15 is 0 Å². The fourth-order valence-electron chi connectivity index (χ4n) is 1.69. The highest BCUT2D eigenvalue weighted by Crippen LogP contribution is 2.13. The van der Waals surface area contributed by atoms with Crippen LogP contribution in [0.25, 0.3) is 0 Å². The first kappa shape index (κ1) is 14.7. The average Bonchev–Trinajstić information content (AvgIpc) is 2.42. The van der Waals surface area contributed by atoms with Crippen molar-refractivity contribution in [2.45, 2.75) is 27.0 Å². The molecule has 0 saturated heterocycles. The van der Waals surface area contributed by atoms with Crippen molar-refractivity contribution in [1.82, 2.24) is 15.0 Å². The van der Waals surface area contributed by atoms with Gasteiger partial charge in [0, 0.05) is 18.4 Å². The Bertz CT molecular complexity index is 577. The standard InChI is InChI=1S/C14H17ClN4O/c1-3-20-9-14-18-12(15)7-13(19-14)16-8-11-6-4-5-10(2)17-11/h4-7H,3,8-9H2,1-2H3,(H,16,18,19). The van der Waals surface area contributed by atoms with E-state index in [2.05, 4.69) is 20.3 Å². The Balaban J connectivity index is 2.03. The largest absolute Gasteiger partial charge is 0.374 e. The number of pyridine rings is 1. The zero-order valence-corrected chi connectivity index (χ0v) is 12.3. The van der Waals surface area contributed by atoms with Crippen molar-refractivity contribution in [3.8, 4) is 0 Å². The number of nitrogens with zero attached hydrogens (tertiary/aromatic N) is 3. The van der Waals surface area contributed by atoms with Crippen LogP contribution in [-0.4, -0.2) is 21.6 Å². The first-order valence-electron chi connectivity index (χ1n) is 6.45. The van der Waals surface area contributed by atoms with Crippen molar-refractivity contribution in [2.24, 2.45) is 0 Å². The predicted octanol–water partition coefficient (Wildman–Crippen LogP) is 2.98. The molecule has 0 aliphatic heterocycles. The Morgan fingerprint density at radius 3 is 2.85 bits per heavy atom. The van der Waals surface area contributed by atoms with E-state index in [9.17, 15) is 0 Å². The van der Waals surface area contributed by atoms with Crippen molar-refractivity contribution in [3.05, 3.63) is 46.6 Å². The molecule has 0 unspecified atom stereocenters. The molecule has 0 atom stereocenters. The monoisotopic (exact) mass is 292 g/mol. The maximum Gasteiger partial charge on any atom is 0.158 e. The Hall–Kier alpha value is -1.72. The van der Waals surface area contributed by atoms with Crippen molar-refractivity contribution < 1.29 is 4.74 Å². The molecule has 0 aliphatic rings. The molecule has 1 N–H and O–H groups in total. The van der Waals surface area contributed by atoms with Crippen LogP contribution in [0.2, 0.25) is 5.15 Å². The number of halogens is 1. The second-order valence-electron chi connectivity index (χ2n) is 4.25. The lowest BCUT2D eigenvalue weighted by atomic mass is 10.3. The minimum Gasteiger partial charge on any atom is -0.374 e. The molecule has 0 aliphatic carbocycles. The molecule has 0 spiro atoms. The molecule has 0 radical (unpaired) electrons. The zero-order chi connectivity index (χ0) is 14.4. The van der Waals surface area contributed by atoms with E-state index in [1.54, 1.807) is 6.07 Å². The summed E-state index contributed by atoms with van der Waals surface area (Å²) in [6.45, 7) is 5.45. The van der Waals surface area contributed by atoms with E-state index in [0.29, 0.717) is 36.6 Å². The van der Waals surface area contributed by atoms with Crippen molar-refractivity contribution >= 4 is 17.4 Å². The summed E-state index contributed by atoms with van der Waals surface area (Å²) in [5.41, 5.74) is 1.94. The van der Waals surface area contributed by atoms with E-state index in [1.165, 1.54) is 0 Å². The molecular weight excluding hydrogens is 276 g/mol. The molecule has 20 heavy (non-hydrogen) atoms. The second kappa shape index (κ2) is 7.17. The van der Waals surface area contributed by atoms with Gasteiger partial charge in [-0.3, -0.25) is 4.98 Å². The lowest BCUT2D eigenvalue weighted by Crippen LogP contribution is -2.07. The summed E-state index contributed by atoms with van der Waals surface area (Å²) in [4.78, 5) is 12.9. The van der Waals surface area contributed by atoms with Crippen LogP contribution in [0.5, 0.6) is 0 Å². The van der Waals surface area contributed by atoms with Gasteiger partial charge in [-0.1, -0.05) is 17.7 Å². The summed E-state index contributed by atoms with van der Waals surface area (Å²) in [6.07, 6.45) is 0. The Morgan fingerprint density at radius 2 is 2.10 bits per heavy atom. The third-order valence-electron chi connectivity index (χ3n) is 2.57. The van der Waals surface area contributed by atoms with Gasteiger partial charge < -0.3 is 10.1 Å². The van der Waals surface area contributed by atoms with Gasteiger partial charge in [-0.2, -0.15) is 0 Å². The lowest BCUT2D eigenvalue weighted by molar-refractivity contribution is 0.128. The molecule has 0 aromatic carbocycles. The summed E-state index contributed by atoms with van der Waals surface area (Å²) in [7, 11) is 0. The van der Waals surface area contributed by atoms with E-state index in [0.717, 1.165) is 11.4 Å². The second-order valence-corrected chi connectivity index (χ2v) is 4.64. The van der Waals surface area contributed by atoms with Gasteiger partial charge in [0.25, 0.3) is 0 Å². The van der Waals surface area contributed by atoms with Crippen LogP contribution >= 0.6 is 11.6 Å². The molecular formula is C14H17ClN4O. The quantitative estimate of drug-likeness (QED) is 0.830. The number of aryl methyl sites for hydroxylation is 1. The smallest absolute Gasteiger partial charge is 0.158 e. The van der Waals surface area contributed by atoms with Crippen LogP contribution < -0.4 is 5.32 Å². The molecule has 0 fully saturated rings. The molecule has 106 valence electrons. The Kier molecular flexibility index (Phi) is 5.26. The third kappa shape index (κ3) is 4.43. The minimum atomic E-state index is 0.356. The summed E-state index contributed by atoms with van der Waals surface area (Å²) in [5.74, 6) is 1.24. The highest BCUT2D eigenvalue weighted by molar-refractivity contribution is 6.29. The molecule has 2 aromatic rings. The van der Waals surface area contributed by atoms with E-state index in [-0.39, 0.29) is 0 Å². The third-order valence-corrected chi connectivity index (χ3v) is 2.77. The van der Waals surface area contributed by atoms with E-state index in [4.69, 9.17) is 16.3 Å². The Labute approximate surface area is 123 Å². The molecule has 6 heteroatoms. The van der Waals surface area contributed by atoms with E-state index in [1.807, 2.05) is 32.0 Å². The topological polar surface area (TPSA) is 59.9 Å². The molecule has 0 saturated carbocycles. The summed E-state index contributed by atoms with van der Waals surface area (Å²) in [5, 5.41) is 3.59. The number of anilines is 1. The molecule has 2 aromatic heterocycles. The van der Waals surface area contributed by atoms with Crippen LogP contribution in [0.3, 0.4) is 0 Å². The van der Waals surface area contributed by atoms with Crippen molar-refractivity contribution in [3.63, 3.8) is 0 Å². The van der Waals surface area contributed by atoms with Gasteiger partial charge in [-0.15, -0.1) is 0 Å². The van der Waals surface area contributed by atoms with Gasteiger partial charge in [-0.25, -0.2) is 9.97 Å². The van der Waals surface area contributed by atoms with Crippen LogP contribution in [-0.2, 0) is 17.9 Å². The van der Waals surface area contributed by atoms with Gasteiger partial charge in [0.15, 0.2) is 5.82 Å². The highest BCUT2D eigenvalue weighted by Gasteiger charge is 2.04.